The maximum Gasteiger partial charge on any atom is 0.0698 e. The standard InChI is InChI=1S/C18H30N2O/c1-14(2)11-15-6-8-16(9-7-15)18(19)13-20-10-4-5-17(12-20)21-3/h6-9,14,17-18H,4-5,10-13,19H2,1-3H3. The van der Waals surface area contributed by atoms with Crippen LogP contribution in [0.4, 0.5) is 0 Å². The second-order valence-electron chi connectivity index (χ2n) is 6.71. The number of ether oxygens (including phenoxy) is 1. The van der Waals surface area contributed by atoms with Crippen LogP contribution in [0.25, 0.3) is 0 Å². The molecular formula is C18H30N2O. The zero-order valence-corrected chi connectivity index (χ0v) is 13.7. The van der Waals surface area contributed by atoms with Gasteiger partial charge in [0.05, 0.1) is 6.10 Å². The van der Waals surface area contributed by atoms with E-state index in [4.69, 9.17) is 10.5 Å². The number of rotatable bonds is 6. The lowest BCUT2D eigenvalue weighted by molar-refractivity contribution is 0.0294. The van der Waals surface area contributed by atoms with Crippen molar-refractivity contribution in [1.82, 2.24) is 4.90 Å². The van der Waals surface area contributed by atoms with Crippen molar-refractivity contribution >= 4 is 0 Å². The Hall–Kier alpha value is -0.900. The Labute approximate surface area is 129 Å². The summed E-state index contributed by atoms with van der Waals surface area (Å²) < 4.78 is 5.48. The summed E-state index contributed by atoms with van der Waals surface area (Å²) >= 11 is 0. The fraction of sp³-hybridized carbons (Fsp3) is 0.667. The molecule has 1 aliphatic rings. The molecule has 1 aromatic rings. The van der Waals surface area contributed by atoms with E-state index in [0.29, 0.717) is 12.0 Å². The third kappa shape index (κ3) is 5.10. The van der Waals surface area contributed by atoms with Gasteiger partial charge in [-0.25, -0.2) is 0 Å². The summed E-state index contributed by atoms with van der Waals surface area (Å²) in [4.78, 5) is 2.43. The van der Waals surface area contributed by atoms with E-state index in [-0.39, 0.29) is 6.04 Å². The van der Waals surface area contributed by atoms with E-state index in [1.807, 2.05) is 7.11 Å². The lowest BCUT2D eigenvalue weighted by Crippen LogP contribution is -2.42. The molecule has 2 rings (SSSR count). The van der Waals surface area contributed by atoms with Crippen molar-refractivity contribution in [2.45, 2.75) is 45.3 Å². The summed E-state index contributed by atoms with van der Waals surface area (Å²) in [5.41, 5.74) is 9.02. The Bertz CT molecular complexity index is 416. The smallest absolute Gasteiger partial charge is 0.0698 e. The van der Waals surface area contributed by atoms with Crippen LogP contribution in [0.1, 0.15) is 43.9 Å². The first-order valence-electron chi connectivity index (χ1n) is 8.18. The van der Waals surface area contributed by atoms with Crippen LogP contribution in [0.3, 0.4) is 0 Å². The first-order valence-corrected chi connectivity index (χ1v) is 8.18. The van der Waals surface area contributed by atoms with Crippen molar-refractivity contribution in [1.29, 1.82) is 0 Å². The number of piperidine rings is 1. The zero-order valence-electron chi connectivity index (χ0n) is 13.7. The van der Waals surface area contributed by atoms with Gasteiger partial charge in [-0.3, -0.25) is 4.90 Å². The molecule has 3 heteroatoms. The van der Waals surface area contributed by atoms with E-state index in [0.717, 1.165) is 26.1 Å². The average Bonchev–Trinajstić information content (AvgIpc) is 2.47. The monoisotopic (exact) mass is 290 g/mol. The highest BCUT2D eigenvalue weighted by atomic mass is 16.5. The fourth-order valence-corrected chi connectivity index (χ4v) is 3.13. The van der Waals surface area contributed by atoms with Gasteiger partial charge in [-0.1, -0.05) is 38.1 Å². The van der Waals surface area contributed by atoms with Crippen LogP contribution in [-0.2, 0) is 11.2 Å². The van der Waals surface area contributed by atoms with Crippen LogP contribution >= 0.6 is 0 Å². The molecule has 21 heavy (non-hydrogen) atoms. The molecule has 0 aliphatic carbocycles. The number of nitrogens with two attached hydrogens (primary N) is 1. The number of nitrogens with zero attached hydrogens (tertiary/aromatic N) is 1. The van der Waals surface area contributed by atoms with Crippen LogP contribution in [0.15, 0.2) is 24.3 Å². The number of benzene rings is 1. The van der Waals surface area contributed by atoms with Crippen molar-refractivity contribution in [3.63, 3.8) is 0 Å². The Morgan fingerprint density at radius 1 is 1.29 bits per heavy atom. The minimum atomic E-state index is 0.0914. The van der Waals surface area contributed by atoms with E-state index < -0.39 is 0 Å². The summed E-state index contributed by atoms with van der Waals surface area (Å²) in [6, 6.07) is 8.93. The van der Waals surface area contributed by atoms with Crippen LogP contribution in [-0.4, -0.2) is 37.7 Å². The quantitative estimate of drug-likeness (QED) is 0.875. The van der Waals surface area contributed by atoms with Gasteiger partial charge in [0.25, 0.3) is 0 Å². The molecular weight excluding hydrogens is 260 g/mol. The molecule has 0 spiro atoms. The maximum atomic E-state index is 6.38. The Kier molecular flexibility index (Phi) is 6.22. The van der Waals surface area contributed by atoms with Crippen molar-refractivity contribution in [3.8, 4) is 0 Å². The minimum Gasteiger partial charge on any atom is -0.380 e. The van der Waals surface area contributed by atoms with Gasteiger partial charge < -0.3 is 10.5 Å². The maximum absolute atomic E-state index is 6.38. The molecule has 0 aromatic heterocycles. The largest absolute Gasteiger partial charge is 0.380 e. The predicted molar refractivity (Wildman–Crippen MR) is 88.4 cm³/mol. The van der Waals surface area contributed by atoms with Gasteiger partial charge in [-0.15, -0.1) is 0 Å². The lowest BCUT2D eigenvalue weighted by Gasteiger charge is -2.33. The molecule has 2 N–H and O–H groups in total. The van der Waals surface area contributed by atoms with Gasteiger partial charge in [0.2, 0.25) is 0 Å². The number of hydrogen-bond donors (Lipinski definition) is 1. The molecule has 2 atom stereocenters. The van der Waals surface area contributed by atoms with E-state index in [1.165, 1.54) is 24.0 Å². The highest BCUT2D eigenvalue weighted by Gasteiger charge is 2.21. The van der Waals surface area contributed by atoms with Gasteiger partial charge in [-0.2, -0.15) is 0 Å². The highest BCUT2D eigenvalue weighted by Crippen LogP contribution is 2.18. The molecule has 0 saturated carbocycles. The Morgan fingerprint density at radius 3 is 2.62 bits per heavy atom. The molecule has 3 nitrogen and oxygen atoms in total. The predicted octanol–water partition coefficient (Wildman–Crippen LogP) is 3.00. The topological polar surface area (TPSA) is 38.5 Å². The van der Waals surface area contributed by atoms with E-state index in [2.05, 4.69) is 43.0 Å². The first kappa shape index (κ1) is 16.5. The Balaban J connectivity index is 1.89. The normalized spacial score (nSPS) is 21.7. The summed E-state index contributed by atoms with van der Waals surface area (Å²) in [7, 11) is 1.81. The molecule has 1 aromatic carbocycles. The number of hydrogen-bond acceptors (Lipinski definition) is 3. The van der Waals surface area contributed by atoms with Gasteiger partial charge >= 0.3 is 0 Å². The van der Waals surface area contributed by atoms with Crippen LogP contribution in [0, 0.1) is 5.92 Å². The van der Waals surface area contributed by atoms with Gasteiger partial charge in [0, 0.05) is 26.2 Å². The van der Waals surface area contributed by atoms with E-state index >= 15 is 0 Å². The third-order valence-corrected chi connectivity index (χ3v) is 4.30. The number of likely N-dealkylation sites (tertiary alicyclic amines) is 1. The third-order valence-electron chi connectivity index (χ3n) is 4.30. The van der Waals surface area contributed by atoms with E-state index in [1.54, 1.807) is 0 Å². The van der Waals surface area contributed by atoms with Crippen molar-refractivity contribution in [3.05, 3.63) is 35.4 Å². The van der Waals surface area contributed by atoms with Crippen molar-refractivity contribution in [2.75, 3.05) is 26.7 Å². The summed E-state index contributed by atoms with van der Waals surface area (Å²) in [5.74, 6) is 0.698. The second-order valence-corrected chi connectivity index (χ2v) is 6.71. The fourth-order valence-electron chi connectivity index (χ4n) is 3.13. The highest BCUT2D eigenvalue weighted by molar-refractivity contribution is 5.25. The molecule has 2 unspecified atom stereocenters. The average molecular weight is 290 g/mol. The molecule has 0 amide bonds. The molecule has 1 fully saturated rings. The summed E-state index contributed by atoms with van der Waals surface area (Å²) in [6.07, 6.45) is 3.89. The molecule has 0 radical (unpaired) electrons. The first-order chi connectivity index (χ1) is 10.1. The SMILES string of the molecule is COC1CCCN(CC(N)c2ccc(CC(C)C)cc2)C1. The number of methoxy groups -OCH3 is 1. The van der Waals surface area contributed by atoms with Crippen LogP contribution in [0.5, 0.6) is 0 Å². The molecule has 0 bridgehead atoms. The van der Waals surface area contributed by atoms with Crippen LogP contribution in [0.2, 0.25) is 0 Å². The molecule has 1 saturated heterocycles. The second kappa shape index (κ2) is 7.92. The zero-order chi connectivity index (χ0) is 15.2. The molecule has 1 aliphatic heterocycles. The van der Waals surface area contributed by atoms with Gasteiger partial charge in [0.1, 0.15) is 0 Å². The lowest BCUT2D eigenvalue weighted by atomic mass is 9.99. The van der Waals surface area contributed by atoms with E-state index in [9.17, 15) is 0 Å². The van der Waals surface area contributed by atoms with Gasteiger partial charge in [0.15, 0.2) is 0 Å². The van der Waals surface area contributed by atoms with Gasteiger partial charge in [-0.05, 0) is 42.9 Å². The summed E-state index contributed by atoms with van der Waals surface area (Å²) in [5, 5.41) is 0. The van der Waals surface area contributed by atoms with Crippen molar-refractivity contribution in [2.24, 2.45) is 11.7 Å². The summed E-state index contributed by atoms with van der Waals surface area (Å²) in [6.45, 7) is 7.57. The molecule has 118 valence electrons. The minimum absolute atomic E-state index is 0.0914. The molecule has 1 heterocycles. The van der Waals surface area contributed by atoms with Crippen molar-refractivity contribution < 1.29 is 4.74 Å². The van der Waals surface area contributed by atoms with Crippen LogP contribution < -0.4 is 5.73 Å². The Morgan fingerprint density at radius 2 is 2.00 bits per heavy atom.